The van der Waals surface area contributed by atoms with Crippen molar-refractivity contribution in [2.75, 3.05) is 6.54 Å². The van der Waals surface area contributed by atoms with Crippen LogP contribution in [0.4, 0.5) is 0 Å². The van der Waals surface area contributed by atoms with Gasteiger partial charge >= 0.3 is 0 Å². The van der Waals surface area contributed by atoms with Gasteiger partial charge in [-0.3, -0.25) is 0 Å². The second kappa shape index (κ2) is 6.18. The number of β-amino-alcohol motifs (C(OH)–C–C–N with tert-alkyl or cyclic N) is 1. The molecule has 1 unspecified atom stereocenters. The van der Waals surface area contributed by atoms with Crippen molar-refractivity contribution >= 4 is 0 Å². The van der Waals surface area contributed by atoms with E-state index in [0.717, 1.165) is 18.4 Å². The van der Waals surface area contributed by atoms with Crippen LogP contribution in [0.5, 0.6) is 0 Å². The van der Waals surface area contributed by atoms with Gasteiger partial charge in [-0.1, -0.05) is 37.6 Å². The van der Waals surface area contributed by atoms with E-state index in [4.69, 9.17) is 0 Å². The first-order chi connectivity index (χ1) is 7.92. The van der Waals surface area contributed by atoms with Gasteiger partial charge in [-0.05, 0) is 38.3 Å². The van der Waals surface area contributed by atoms with Gasteiger partial charge in [0.2, 0.25) is 0 Å². The fourth-order valence-electron chi connectivity index (χ4n) is 1.77. The average molecular weight is 235 g/mol. The van der Waals surface area contributed by atoms with Crippen LogP contribution in [0.25, 0.3) is 0 Å². The Kier molecular flexibility index (Phi) is 5.16. The molecule has 1 atom stereocenters. The van der Waals surface area contributed by atoms with E-state index >= 15 is 0 Å². The molecule has 0 aliphatic rings. The van der Waals surface area contributed by atoms with E-state index < -0.39 is 6.10 Å². The zero-order valence-corrected chi connectivity index (χ0v) is 11.5. The Labute approximate surface area is 105 Å². The van der Waals surface area contributed by atoms with E-state index in [1.165, 1.54) is 5.56 Å². The van der Waals surface area contributed by atoms with Crippen LogP contribution in [-0.2, 0) is 6.42 Å². The Morgan fingerprint density at radius 3 is 2.59 bits per heavy atom. The lowest BCUT2D eigenvalue weighted by molar-refractivity contribution is 0.163. The lowest BCUT2D eigenvalue weighted by Crippen LogP contribution is -2.38. The molecule has 0 heterocycles. The Bertz CT molecular complexity index is 341. The Morgan fingerprint density at radius 1 is 1.29 bits per heavy atom. The maximum Gasteiger partial charge on any atom is 0.0914 e. The Balaban J connectivity index is 2.62. The third kappa shape index (κ3) is 5.33. The molecule has 0 radical (unpaired) electrons. The fourth-order valence-corrected chi connectivity index (χ4v) is 1.77. The van der Waals surface area contributed by atoms with E-state index in [1.54, 1.807) is 0 Å². The predicted octanol–water partition coefficient (Wildman–Crippen LogP) is 3.06. The van der Waals surface area contributed by atoms with Crippen LogP contribution in [0, 0.1) is 0 Å². The summed E-state index contributed by atoms with van der Waals surface area (Å²) in [5, 5.41) is 13.4. The molecule has 0 aromatic heterocycles. The van der Waals surface area contributed by atoms with Crippen molar-refractivity contribution in [2.24, 2.45) is 0 Å². The quantitative estimate of drug-likeness (QED) is 0.822. The molecule has 0 saturated heterocycles. The second-order valence-corrected chi connectivity index (χ2v) is 5.64. The van der Waals surface area contributed by atoms with Crippen LogP contribution >= 0.6 is 0 Å². The first kappa shape index (κ1) is 14.2. The standard InChI is InChI=1S/C15H25NO/c1-5-7-12-8-6-9-13(10-12)14(17)11-16-15(2,3)4/h6,8-10,14,16-17H,5,7,11H2,1-4H3. The highest BCUT2D eigenvalue weighted by molar-refractivity contribution is 5.25. The summed E-state index contributed by atoms with van der Waals surface area (Å²) in [6.45, 7) is 9.08. The van der Waals surface area contributed by atoms with Crippen LogP contribution in [0.2, 0.25) is 0 Å². The summed E-state index contributed by atoms with van der Waals surface area (Å²) in [5.41, 5.74) is 2.36. The smallest absolute Gasteiger partial charge is 0.0914 e. The molecule has 1 rings (SSSR count). The van der Waals surface area contributed by atoms with Crippen molar-refractivity contribution in [3.8, 4) is 0 Å². The van der Waals surface area contributed by atoms with Crippen LogP contribution in [0.1, 0.15) is 51.3 Å². The molecule has 1 aromatic carbocycles. The summed E-state index contributed by atoms with van der Waals surface area (Å²) < 4.78 is 0. The lowest BCUT2D eigenvalue weighted by atomic mass is 10.0. The minimum Gasteiger partial charge on any atom is -0.387 e. The second-order valence-electron chi connectivity index (χ2n) is 5.64. The average Bonchev–Trinajstić information content (AvgIpc) is 2.26. The molecule has 0 aliphatic carbocycles. The van der Waals surface area contributed by atoms with Gasteiger partial charge in [0.25, 0.3) is 0 Å². The fraction of sp³-hybridized carbons (Fsp3) is 0.600. The summed E-state index contributed by atoms with van der Waals surface area (Å²) in [4.78, 5) is 0. The first-order valence-corrected chi connectivity index (χ1v) is 6.44. The zero-order chi connectivity index (χ0) is 12.9. The zero-order valence-electron chi connectivity index (χ0n) is 11.5. The molecular formula is C15H25NO. The summed E-state index contributed by atoms with van der Waals surface area (Å²) in [6, 6.07) is 8.25. The van der Waals surface area contributed by atoms with Crippen LogP contribution in [0.15, 0.2) is 24.3 Å². The molecule has 0 saturated carbocycles. The first-order valence-electron chi connectivity index (χ1n) is 6.44. The van der Waals surface area contributed by atoms with Gasteiger partial charge < -0.3 is 10.4 Å². The minimum atomic E-state index is -0.425. The highest BCUT2D eigenvalue weighted by Gasteiger charge is 2.13. The summed E-state index contributed by atoms with van der Waals surface area (Å²) >= 11 is 0. The van der Waals surface area contributed by atoms with Gasteiger partial charge in [0, 0.05) is 12.1 Å². The molecule has 1 aromatic rings. The largest absolute Gasteiger partial charge is 0.387 e. The predicted molar refractivity (Wildman–Crippen MR) is 73.2 cm³/mol. The Hall–Kier alpha value is -0.860. The lowest BCUT2D eigenvalue weighted by Gasteiger charge is -2.23. The van der Waals surface area contributed by atoms with Crippen LogP contribution in [-0.4, -0.2) is 17.2 Å². The number of aliphatic hydroxyl groups excluding tert-OH is 1. The molecule has 0 amide bonds. The summed E-state index contributed by atoms with van der Waals surface area (Å²) in [6.07, 6.45) is 1.79. The van der Waals surface area contributed by atoms with E-state index in [2.05, 4.69) is 45.1 Å². The highest BCUT2D eigenvalue weighted by Crippen LogP contribution is 2.16. The van der Waals surface area contributed by atoms with E-state index in [1.807, 2.05) is 12.1 Å². The van der Waals surface area contributed by atoms with Crippen LogP contribution in [0.3, 0.4) is 0 Å². The van der Waals surface area contributed by atoms with E-state index in [-0.39, 0.29) is 5.54 Å². The summed E-state index contributed by atoms with van der Waals surface area (Å²) in [5.74, 6) is 0. The Morgan fingerprint density at radius 2 is 2.00 bits per heavy atom. The number of aliphatic hydroxyl groups is 1. The highest BCUT2D eigenvalue weighted by atomic mass is 16.3. The number of aryl methyl sites for hydroxylation is 1. The number of hydrogen-bond acceptors (Lipinski definition) is 2. The number of rotatable bonds is 5. The van der Waals surface area contributed by atoms with Crippen molar-refractivity contribution in [2.45, 2.75) is 52.2 Å². The summed E-state index contributed by atoms with van der Waals surface area (Å²) in [7, 11) is 0. The molecule has 2 N–H and O–H groups in total. The molecular weight excluding hydrogens is 210 g/mol. The molecule has 2 nitrogen and oxygen atoms in total. The SMILES string of the molecule is CCCc1cccc(C(O)CNC(C)(C)C)c1. The molecule has 96 valence electrons. The molecule has 0 fully saturated rings. The van der Waals surface area contributed by atoms with Crippen LogP contribution < -0.4 is 5.32 Å². The third-order valence-corrected chi connectivity index (χ3v) is 2.70. The van der Waals surface area contributed by atoms with Crippen molar-refractivity contribution in [3.63, 3.8) is 0 Å². The molecule has 17 heavy (non-hydrogen) atoms. The maximum absolute atomic E-state index is 10.1. The van der Waals surface area contributed by atoms with E-state index in [9.17, 15) is 5.11 Å². The molecule has 0 spiro atoms. The number of hydrogen-bond donors (Lipinski definition) is 2. The van der Waals surface area contributed by atoms with Crippen molar-refractivity contribution in [1.82, 2.24) is 5.32 Å². The number of nitrogens with one attached hydrogen (secondary N) is 1. The third-order valence-electron chi connectivity index (χ3n) is 2.70. The number of benzene rings is 1. The van der Waals surface area contributed by atoms with Gasteiger partial charge in [-0.25, -0.2) is 0 Å². The van der Waals surface area contributed by atoms with Gasteiger partial charge in [0.15, 0.2) is 0 Å². The van der Waals surface area contributed by atoms with Crippen molar-refractivity contribution in [3.05, 3.63) is 35.4 Å². The normalized spacial score (nSPS) is 13.7. The maximum atomic E-state index is 10.1. The monoisotopic (exact) mass is 235 g/mol. The van der Waals surface area contributed by atoms with Gasteiger partial charge in [-0.2, -0.15) is 0 Å². The van der Waals surface area contributed by atoms with Crippen molar-refractivity contribution in [1.29, 1.82) is 0 Å². The topological polar surface area (TPSA) is 32.3 Å². The van der Waals surface area contributed by atoms with Gasteiger partial charge in [0.05, 0.1) is 6.10 Å². The molecule has 0 bridgehead atoms. The van der Waals surface area contributed by atoms with E-state index in [0.29, 0.717) is 6.54 Å². The minimum absolute atomic E-state index is 0.0437. The molecule has 2 heteroatoms. The van der Waals surface area contributed by atoms with Gasteiger partial charge in [0.1, 0.15) is 0 Å². The van der Waals surface area contributed by atoms with Gasteiger partial charge in [-0.15, -0.1) is 0 Å². The molecule has 0 aliphatic heterocycles. The van der Waals surface area contributed by atoms with Crippen molar-refractivity contribution < 1.29 is 5.11 Å².